The van der Waals surface area contributed by atoms with Gasteiger partial charge in [0.1, 0.15) is 11.5 Å². The quantitative estimate of drug-likeness (QED) is 0.828. The summed E-state index contributed by atoms with van der Waals surface area (Å²) in [7, 11) is 0. The van der Waals surface area contributed by atoms with Crippen LogP contribution in [-0.4, -0.2) is 52.4 Å². The van der Waals surface area contributed by atoms with Crippen molar-refractivity contribution in [2.75, 3.05) is 19.7 Å². The first-order chi connectivity index (χ1) is 13.5. The van der Waals surface area contributed by atoms with Crippen molar-refractivity contribution >= 4 is 23.2 Å². The van der Waals surface area contributed by atoms with Crippen molar-refractivity contribution in [2.45, 2.75) is 50.7 Å². The molecule has 2 fully saturated rings. The van der Waals surface area contributed by atoms with Crippen molar-refractivity contribution in [1.29, 1.82) is 0 Å². The molecule has 1 spiro atoms. The van der Waals surface area contributed by atoms with Gasteiger partial charge >= 0.3 is 0 Å². The number of H-pyrrole nitrogens is 1. The topological polar surface area (TPSA) is 87.3 Å². The smallest absolute Gasteiger partial charge is 0.271 e. The largest absolute Gasteiger partial charge is 0.370 e. The summed E-state index contributed by atoms with van der Waals surface area (Å²) in [5.41, 5.74) is 1.32. The van der Waals surface area contributed by atoms with E-state index >= 15 is 0 Å². The Morgan fingerprint density at radius 3 is 2.82 bits per heavy atom. The third kappa shape index (κ3) is 3.14. The van der Waals surface area contributed by atoms with E-state index in [0.29, 0.717) is 31.4 Å². The first kappa shape index (κ1) is 17.9. The number of thiophene rings is 1. The molecule has 1 saturated carbocycles. The van der Waals surface area contributed by atoms with E-state index in [1.165, 1.54) is 4.88 Å². The van der Waals surface area contributed by atoms with Crippen LogP contribution in [-0.2, 0) is 16.8 Å². The van der Waals surface area contributed by atoms with Gasteiger partial charge in [0, 0.05) is 30.4 Å². The molecule has 0 bridgehead atoms. The number of amides is 2. The van der Waals surface area contributed by atoms with Crippen molar-refractivity contribution in [3.63, 3.8) is 0 Å². The second kappa shape index (κ2) is 6.70. The highest BCUT2D eigenvalue weighted by atomic mass is 32.1. The molecule has 0 unspecified atom stereocenters. The minimum Gasteiger partial charge on any atom is -0.370 e. The molecule has 0 aromatic carbocycles. The van der Waals surface area contributed by atoms with Crippen LogP contribution >= 0.6 is 11.3 Å². The first-order valence-electron chi connectivity index (χ1n) is 9.93. The number of aromatic amines is 1. The van der Waals surface area contributed by atoms with Gasteiger partial charge in [-0.3, -0.25) is 9.59 Å². The summed E-state index contributed by atoms with van der Waals surface area (Å²) in [5.74, 6) is 0.771. The fourth-order valence-corrected chi connectivity index (χ4v) is 5.33. The Labute approximate surface area is 167 Å². The number of hydrogen-bond acceptors (Lipinski definition) is 5. The van der Waals surface area contributed by atoms with Gasteiger partial charge in [0.15, 0.2) is 0 Å². The van der Waals surface area contributed by atoms with Crippen LogP contribution in [0.15, 0.2) is 12.3 Å². The molecular formula is C20H24N4O3S. The van der Waals surface area contributed by atoms with E-state index in [9.17, 15) is 9.59 Å². The van der Waals surface area contributed by atoms with E-state index in [4.69, 9.17) is 4.74 Å². The maximum Gasteiger partial charge on any atom is 0.271 e. The Bertz CT molecular complexity index is 922. The monoisotopic (exact) mass is 400 g/mol. The average Bonchev–Trinajstić information content (AvgIpc) is 3.21. The van der Waals surface area contributed by atoms with Crippen LogP contribution in [0.25, 0.3) is 0 Å². The summed E-state index contributed by atoms with van der Waals surface area (Å²) in [6.07, 6.45) is 6.13. The lowest BCUT2D eigenvalue weighted by Gasteiger charge is -2.43. The maximum atomic E-state index is 12.7. The Hall–Kier alpha value is -2.19. The fourth-order valence-electron chi connectivity index (χ4n) is 4.20. The summed E-state index contributed by atoms with van der Waals surface area (Å²) in [5, 5.41) is 3.08. The molecule has 5 rings (SSSR count). The van der Waals surface area contributed by atoms with Crippen molar-refractivity contribution in [2.24, 2.45) is 0 Å². The van der Waals surface area contributed by atoms with Crippen molar-refractivity contribution in [1.82, 2.24) is 20.2 Å². The van der Waals surface area contributed by atoms with Crippen molar-refractivity contribution < 1.29 is 14.3 Å². The number of imidazole rings is 1. The average molecular weight is 401 g/mol. The number of ether oxygens (including phenoxy) is 1. The molecular weight excluding hydrogens is 376 g/mol. The lowest BCUT2D eigenvalue weighted by atomic mass is 9.82. The van der Waals surface area contributed by atoms with Gasteiger partial charge in [-0.25, -0.2) is 4.98 Å². The van der Waals surface area contributed by atoms with E-state index in [1.807, 2.05) is 17.9 Å². The Morgan fingerprint density at radius 2 is 2.14 bits per heavy atom. The lowest BCUT2D eigenvalue weighted by molar-refractivity contribution is -0.0926. The van der Waals surface area contributed by atoms with Crippen LogP contribution in [0, 0.1) is 6.92 Å². The van der Waals surface area contributed by atoms with Crippen LogP contribution in [0.5, 0.6) is 0 Å². The number of aromatic nitrogens is 2. The molecule has 1 saturated heterocycles. The minimum absolute atomic E-state index is 0.0127. The number of carbonyl (C=O) groups excluding carboxylic acids is 2. The third-order valence-electron chi connectivity index (χ3n) is 5.94. The Balaban J connectivity index is 1.33. The molecule has 8 heteroatoms. The minimum atomic E-state index is -0.372. The van der Waals surface area contributed by atoms with Crippen LogP contribution < -0.4 is 5.32 Å². The van der Waals surface area contributed by atoms with Crippen LogP contribution in [0.1, 0.15) is 62.1 Å². The predicted octanol–water partition coefficient (Wildman–Crippen LogP) is 2.38. The van der Waals surface area contributed by atoms with Gasteiger partial charge in [0.25, 0.3) is 11.8 Å². The van der Waals surface area contributed by atoms with Crippen LogP contribution in [0.3, 0.4) is 0 Å². The molecule has 2 aromatic heterocycles. The van der Waals surface area contributed by atoms with Gasteiger partial charge in [0.2, 0.25) is 0 Å². The summed E-state index contributed by atoms with van der Waals surface area (Å²) in [6, 6.07) is 2.39. The molecule has 7 nitrogen and oxygen atoms in total. The van der Waals surface area contributed by atoms with E-state index in [0.717, 1.165) is 48.4 Å². The summed E-state index contributed by atoms with van der Waals surface area (Å²) >= 11 is 1.60. The van der Waals surface area contributed by atoms with E-state index in [-0.39, 0.29) is 17.4 Å². The number of nitrogens with one attached hydrogen (secondary N) is 2. The van der Waals surface area contributed by atoms with E-state index in [2.05, 4.69) is 15.3 Å². The van der Waals surface area contributed by atoms with E-state index in [1.54, 1.807) is 17.5 Å². The first-order valence-corrected chi connectivity index (χ1v) is 10.7. The molecule has 1 aliphatic carbocycles. The van der Waals surface area contributed by atoms with Crippen molar-refractivity contribution in [3.8, 4) is 0 Å². The van der Waals surface area contributed by atoms with Gasteiger partial charge in [-0.05, 0) is 44.2 Å². The van der Waals surface area contributed by atoms with Gasteiger partial charge < -0.3 is 19.9 Å². The zero-order valence-corrected chi connectivity index (χ0v) is 16.7. The molecule has 2 N–H and O–H groups in total. The van der Waals surface area contributed by atoms with Gasteiger partial charge in [-0.15, -0.1) is 11.3 Å². The number of rotatable bonds is 3. The molecule has 4 heterocycles. The predicted molar refractivity (Wildman–Crippen MR) is 105 cm³/mol. The zero-order chi connectivity index (χ0) is 19.3. The standard InChI is InChI=1S/C20H24N4O3S/c1-12-21-11-15(22-12)19(26)24-7-5-20(6-8-24)14-10-17(18(25)23-13-2-3-13)28-16(14)4-9-27-20/h10-11,13H,2-9H2,1H3,(H,21,22)(H,23,25). The van der Waals surface area contributed by atoms with Crippen molar-refractivity contribution in [3.05, 3.63) is 39.1 Å². The van der Waals surface area contributed by atoms with Crippen LogP contribution in [0.4, 0.5) is 0 Å². The molecule has 3 aliphatic rings. The molecule has 28 heavy (non-hydrogen) atoms. The summed E-state index contributed by atoms with van der Waals surface area (Å²) in [4.78, 5) is 36.2. The fraction of sp³-hybridized carbons (Fsp3) is 0.550. The van der Waals surface area contributed by atoms with Gasteiger partial charge in [-0.1, -0.05) is 0 Å². The SMILES string of the molecule is Cc1ncc(C(=O)N2CCC3(CC2)OCCc2sc(C(=O)NC4CC4)cc23)[nH]1. The number of aryl methyl sites for hydroxylation is 1. The highest BCUT2D eigenvalue weighted by Crippen LogP contribution is 2.44. The number of likely N-dealkylation sites (tertiary alicyclic amines) is 1. The number of hydrogen-bond donors (Lipinski definition) is 2. The second-order valence-electron chi connectivity index (χ2n) is 7.96. The third-order valence-corrected chi connectivity index (χ3v) is 7.13. The molecule has 0 radical (unpaired) electrons. The number of carbonyl (C=O) groups is 2. The molecule has 2 aromatic rings. The number of piperidine rings is 1. The van der Waals surface area contributed by atoms with E-state index < -0.39 is 0 Å². The Kier molecular flexibility index (Phi) is 4.28. The van der Waals surface area contributed by atoms with Gasteiger partial charge in [0.05, 0.1) is 23.3 Å². The van der Waals surface area contributed by atoms with Crippen LogP contribution in [0.2, 0.25) is 0 Å². The lowest BCUT2D eigenvalue weighted by Crippen LogP contribution is -2.48. The maximum absolute atomic E-state index is 12.7. The number of nitrogens with zero attached hydrogens (tertiary/aromatic N) is 2. The Morgan fingerprint density at radius 1 is 1.36 bits per heavy atom. The molecule has 148 valence electrons. The normalized spacial score (nSPS) is 20.8. The summed E-state index contributed by atoms with van der Waals surface area (Å²) in [6.45, 7) is 3.78. The zero-order valence-electron chi connectivity index (χ0n) is 15.9. The molecule has 0 atom stereocenters. The number of fused-ring (bicyclic) bond motifs is 2. The van der Waals surface area contributed by atoms with Gasteiger partial charge in [-0.2, -0.15) is 0 Å². The highest BCUT2D eigenvalue weighted by Gasteiger charge is 2.43. The highest BCUT2D eigenvalue weighted by molar-refractivity contribution is 7.14. The summed E-state index contributed by atoms with van der Waals surface area (Å²) < 4.78 is 6.27. The second-order valence-corrected chi connectivity index (χ2v) is 9.10. The molecule has 2 aliphatic heterocycles. The molecule has 2 amide bonds.